The summed E-state index contributed by atoms with van der Waals surface area (Å²) < 4.78 is 11.8. The Hall–Kier alpha value is -1.52. The Morgan fingerprint density at radius 2 is 1.71 bits per heavy atom. The molecule has 0 radical (unpaired) electrons. The molecule has 0 aliphatic heterocycles. The van der Waals surface area contributed by atoms with Gasteiger partial charge in [-0.2, -0.15) is 0 Å². The molecule has 4 heteroatoms. The van der Waals surface area contributed by atoms with Crippen LogP contribution in [0.5, 0.6) is 11.5 Å². The van der Waals surface area contributed by atoms with Crippen LogP contribution >= 0.6 is 15.9 Å². The van der Waals surface area contributed by atoms with Gasteiger partial charge in [0.25, 0.3) is 0 Å². The van der Waals surface area contributed by atoms with Gasteiger partial charge < -0.3 is 15.2 Å². The minimum atomic E-state index is -0.150. The molecule has 0 fully saturated rings. The molecule has 0 aliphatic carbocycles. The zero-order valence-corrected chi connectivity index (χ0v) is 14.1. The Bertz CT molecular complexity index is 628. The number of methoxy groups -OCH3 is 2. The lowest BCUT2D eigenvalue weighted by atomic mass is 9.97. The van der Waals surface area contributed by atoms with Crippen molar-refractivity contribution in [2.45, 2.75) is 19.4 Å². The predicted octanol–water partition coefficient (Wildman–Crippen LogP) is 4.02. The third kappa shape index (κ3) is 3.77. The van der Waals surface area contributed by atoms with E-state index in [-0.39, 0.29) is 6.04 Å². The van der Waals surface area contributed by atoms with E-state index in [9.17, 15) is 0 Å². The fraction of sp³-hybridized carbons (Fsp3) is 0.294. The van der Waals surface area contributed by atoms with Crippen molar-refractivity contribution in [1.29, 1.82) is 0 Å². The van der Waals surface area contributed by atoms with Crippen molar-refractivity contribution < 1.29 is 9.47 Å². The lowest BCUT2D eigenvalue weighted by Crippen LogP contribution is -2.15. The number of aryl methyl sites for hydroxylation is 1. The van der Waals surface area contributed by atoms with Crippen molar-refractivity contribution in [3.05, 3.63) is 57.6 Å². The van der Waals surface area contributed by atoms with Gasteiger partial charge in [0, 0.05) is 16.1 Å². The lowest BCUT2D eigenvalue weighted by Gasteiger charge is -2.18. The van der Waals surface area contributed by atoms with E-state index in [1.54, 1.807) is 14.2 Å². The summed E-state index contributed by atoms with van der Waals surface area (Å²) in [6, 6.07) is 11.9. The third-order valence-corrected chi connectivity index (χ3v) is 3.96. The molecule has 2 aromatic rings. The number of halogens is 1. The summed E-state index contributed by atoms with van der Waals surface area (Å²) in [7, 11) is 3.34. The summed E-state index contributed by atoms with van der Waals surface area (Å²) in [6.07, 6.45) is 0.683. The first-order chi connectivity index (χ1) is 10.0. The minimum absolute atomic E-state index is 0.150. The Balaban J connectivity index is 2.31. The maximum Gasteiger partial charge on any atom is 0.123 e. The smallest absolute Gasteiger partial charge is 0.123 e. The van der Waals surface area contributed by atoms with Gasteiger partial charge in [0.15, 0.2) is 0 Å². The van der Waals surface area contributed by atoms with Crippen LogP contribution in [-0.4, -0.2) is 14.2 Å². The lowest BCUT2D eigenvalue weighted by molar-refractivity contribution is 0.400. The van der Waals surface area contributed by atoms with Gasteiger partial charge in [-0.05, 0) is 43.2 Å². The molecule has 21 heavy (non-hydrogen) atoms. The Morgan fingerprint density at radius 1 is 1.05 bits per heavy atom. The van der Waals surface area contributed by atoms with Crippen LogP contribution in [0.3, 0.4) is 0 Å². The van der Waals surface area contributed by atoms with E-state index in [0.29, 0.717) is 6.42 Å². The summed E-state index contributed by atoms with van der Waals surface area (Å²) in [6.45, 7) is 2.05. The predicted molar refractivity (Wildman–Crippen MR) is 89.1 cm³/mol. The second kappa shape index (κ2) is 6.96. The Labute approximate surface area is 134 Å². The van der Waals surface area contributed by atoms with E-state index in [1.807, 2.05) is 30.3 Å². The molecule has 0 amide bonds. The molecule has 1 atom stereocenters. The highest BCUT2D eigenvalue weighted by Crippen LogP contribution is 2.31. The molecule has 0 bridgehead atoms. The standard InChI is InChI=1S/C17H20BrNO2/c1-11-4-6-17(21-3)14(8-11)15(19)10-12-9-13(18)5-7-16(12)20-2/h4-9,15H,10,19H2,1-3H3. The first kappa shape index (κ1) is 15.9. The monoisotopic (exact) mass is 349 g/mol. The highest BCUT2D eigenvalue weighted by molar-refractivity contribution is 9.10. The van der Waals surface area contributed by atoms with Crippen LogP contribution in [0.1, 0.15) is 22.7 Å². The van der Waals surface area contributed by atoms with Crippen LogP contribution in [0.25, 0.3) is 0 Å². The molecule has 2 N–H and O–H groups in total. The maximum absolute atomic E-state index is 6.40. The van der Waals surface area contributed by atoms with Crippen molar-refractivity contribution in [2.24, 2.45) is 5.73 Å². The quantitative estimate of drug-likeness (QED) is 0.886. The zero-order valence-electron chi connectivity index (χ0n) is 12.5. The Morgan fingerprint density at radius 3 is 2.38 bits per heavy atom. The van der Waals surface area contributed by atoms with Crippen LogP contribution in [0.4, 0.5) is 0 Å². The summed E-state index contributed by atoms with van der Waals surface area (Å²) in [5, 5.41) is 0. The summed E-state index contributed by atoms with van der Waals surface area (Å²) in [4.78, 5) is 0. The Kier molecular flexibility index (Phi) is 5.26. The van der Waals surface area contributed by atoms with Crippen molar-refractivity contribution in [2.75, 3.05) is 14.2 Å². The number of rotatable bonds is 5. The van der Waals surface area contributed by atoms with Gasteiger partial charge >= 0.3 is 0 Å². The zero-order chi connectivity index (χ0) is 15.4. The minimum Gasteiger partial charge on any atom is -0.496 e. The van der Waals surface area contributed by atoms with E-state index in [0.717, 1.165) is 27.1 Å². The van der Waals surface area contributed by atoms with Crippen molar-refractivity contribution in [1.82, 2.24) is 0 Å². The summed E-state index contributed by atoms with van der Waals surface area (Å²) in [5.41, 5.74) is 9.65. The van der Waals surface area contributed by atoms with E-state index in [4.69, 9.17) is 15.2 Å². The van der Waals surface area contributed by atoms with Crippen LogP contribution < -0.4 is 15.2 Å². The van der Waals surface area contributed by atoms with Gasteiger partial charge in [-0.1, -0.05) is 33.6 Å². The average Bonchev–Trinajstić information content (AvgIpc) is 2.47. The molecule has 2 aromatic carbocycles. The van der Waals surface area contributed by atoms with Crippen LogP contribution in [0.15, 0.2) is 40.9 Å². The van der Waals surface area contributed by atoms with Crippen LogP contribution in [0, 0.1) is 6.92 Å². The first-order valence-corrected chi connectivity index (χ1v) is 7.57. The van der Waals surface area contributed by atoms with E-state index >= 15 is 0 Å². The molecule has 1 unspecified atom stereocenters. The summed E-state index contributed by atoms with van der Waals surface area (Å²) in [5.74, 6) is 1.67. The maximum atomic E-state index is 6.40. The highest BCUT2D eigenvalue weighted by atomic mass is 79.9. The van der Waals surface area contributed by atoms with Gasteiger partial charge in [0.1, 0.15) is 11.5 Å². The summed E-state index contributed by atoms with van der Waals surface area (Å²) >= 11 is 3.49. The van der Waals surface area contributed by atoms with Gasteiger partial charge in [-0.3, -0.25) is 0 Å². The molecular weight excluding hydrogens is 330 g/mol. The highest BCUT2D eigenvalue weighted by Gasteiger charge is 2.15. The van der Waals surface area contributed by atoms with Gasteiger partial charge in [-0.15, -0.1) is 0 Å². The molecule has 0 spiro atoms. The second-order valence-electron chi connectivity index (χ2n) is 5.01. The normalized spacial score (nSPS) is 12.0. The molecule has 0 aliphatic rings. The number of hydrogen-bond donors (Lipinski definition) is 1. The fourth-order valence-corrected chi connectivity index (χ4v) is 2.81. The topological polar surface area (TPSA) is 44.5 Å². The molecule has 2 rings (SSSR count). The van der Waals surface area contributed by atoms with Crippen molar-refractivity contribution >= 4 is 15.9 Å². The largest absolute Gasteiger partial charge is 0.496 e. The first-order valence-electron chi connectivity index (χ1n) is 6.77. The SMILES string of the molecule is COc1ccc(Br)cc1CC(N)c1cc(C)ccc1OC. The molecule has 0 aromatic heterocycles. The molecule has 0 saturated carbocycles. The van der Waals surface area contributed by atoms with Gasteiger partial charge in [0.2, 0.25) is 0 Å². The number of hydrogen-bond acceptors (Lipinski definition) is 3. The van der Waals surface area contributed by atoms with Crippen molar-refractivity contribution in [3.8, 4) is 11.5 Å². The molecule has 3 nitrogen and oxygen atoms in total. The van der Waals surface area contributed by atoms with Crippen LogP contribution in [0.2, 0.25) is 0 Å². The van der Waals surface area contributed by atoms with Crippen molar-refractivity contribution in [3.63, 3.8) is 0 Å². The molecule has 0 heterocycles. The van der Waals surface area contributed by atoms with E-state index < -0.39 is 0 Å². The van der Waals surface area contributed by atoms with E-state index in [1.165, 1.54) is 5.56 Å². The van der Waals surface area contributed by atoms with Gasteiger partial charge in [-0.25, -0.2) is 0 Å². The van der Waals surface area contributed by atoms with Gasteiger partial charge in [0.05, 0.1) is 14.2 Å². The second-order valence-corrected chi connectivity index (χ2v) is 5.93. The number of ether oxygens (including phenoxy) is 2. The average molecular weight is 350 g/mol. The van der Waals surface area contributed by atoms with Crippen LogP contribution in [-0.2, 0) is 6.42 Å². The fourth-order valence-electron chi connectivity index (χ4n) is 2.40. The number of benzene rings is 2. The third-order valence-electron chi connectivity index (χ3n) is 3.47. The molecule has 112 valence electrons. The molecule has 0 saturated heterocycles. The van der Waals surface area contributed by atoms with E-state index in [2.05, 4.69) is 28.9 Å². The number of nitrogens with two attached hydrogens (primary N) is 1. The molecular formula is C17H20BrNO2.